The Labute approximate surface area is 132 Å². The molecule has 1 saturated heterocycles. The fourth-order valence-corrected chi connectivity index (χ4v) is 2.66. The fraction of sp³-hybridized carbons (Fsp3) is 0.625. The molecule has 2 rings (SSSR count). The zero-order chi connectivity index (χ0) is 16.2. The van der Waals surface area contributed by atoms with Gasteiger partial charge in [0.15, 0.2) is 0 Å². The van der Waals surface area contributed by atoms with Gasteiger partial charge in [0.1, 0.15) is 5.82 Å². The monoisotopic (exact) mass is 306 g/mol. The molecule has 1 aliphatic rings. The van der Waals surface area contributed by atoms with E-state index in [2.05, 4.69) is 14.8 Å². The average Bonchev–Trinajstić information content (AvgIpc) is 2.47. The number of aliphatic hydroxyl groups is 1. The number of rotatable bonds is 5. The molecule has 122 valence electrons. The highest BCUT2D eigenvalue weighted by molar-refractivity contribution is 5.78. The van der Waals surface area contributed by atoms with Gasteiger partial charge >= 0.3 is 0 Å². The summed E-state index contributed by atoms with van der Waals surface area (Å²) in [5.74, 6) is 1.04. The summed E-state index contributed by atoms with van der Waals surface area (Å²) in [4.78, 5) is 22.5. The summed E-state index contributed by atoms with van der Waals surface area (Å²) in [6.45, 7) is 7.61. The number of hydrogen-bond acceptors (Lipinski definition) is 5. The van der Waals surface area contributed by atoms with E-state index in [0.717, 1.165) is 32.0 Å². The molecule has 2 heterocycles. The molecule has 22 heavy (non-hydrogen) atoms. The van der Waals surface area contributed by atoms with Crippen LogP contribution in [0.1, 0.15) is 13.8 Å². The van der Waals surface area contributed by atoms with Crippen molar-refractivity contribution in [3.05, 3.63) is 24.4 Å². The SMILES string of the molecule is CN(CC(C)(C)O)C(=O)CN1CCN(c2ccccn2)CC1. The van der Waals surface area contributed by atoms with Crippen molar-refractivity contribution in [2.24, 2.45) is 0 Å². The summed E-state index contributed by atoms with van der Waals surface area (Å²) in [5.41, 5.74) is -0.859. The van der Waals surface area contributed by atoms with Gasteiger partial charge in [0, 0.05) is 46.0 Å². The molecule has 0 radical (unpaired) electrons. The minimum absolute atomic E-state index is 0.0495. The molecule has 0 aromatic carbocycles. The van der Waals surface area contributed by atoms with Crippen LogP contribution < -0.4 is 4.90 Å². The van der Waals surface area contributed by atoms with E-state index >= 15 is 0 Å². The number of anilines is 1. The second-order valence-electron chi connectivity index (χ2n) is 6.51. The zero-order valence-corrected chi connectivity index (χ0v) is 13.7. The van der Waals surface area contributed by atoms with Crippen LogP contribution in [0.5, 0.6) is 0 Å². The smallest absolute Gasteiger partial charge is 0.236 e. The lowest BCUT2D eigenvalue weighted by Crippen LogP contribution is -2.51. The molecular formula is C16H26N4O2. The number of likely N-dealkylation sites (N-methyl/N-ethyl adjacent to an activating group) is 1. The van der Waals surface area contributed by atoms with E-state index in [9.17, 15) is 9.90 Å². The maximum Gasteiger partial charge on any atom is 0.236 e. The highest BCUT2D eigenvalue weighted by Gasteiger charge is 2.23. The van der Waals surface area contributed by atoms with E-state index in [0.29, 0.717) is 13.1 Å². The van der Waals surface area contributed by atoms with E-state index in [1.807, 2.05) is 18.2 Å². The Bertz CT molecular complexity index is 479. The van der Waals surface area contributed by atoms with Gasteiger partial charge in [-0.2, -0.15) is 0 Å². The maximum absolute atomic E-state index is 12.2. The number of nitrogens with zero attached hydrogens (tertiary/aromatic N) is 4. The molecule has 0 saturated carbocycles. The number of carbonyl (C=O) groups is 1. The molecule has 1 amide bonds. The van der Waals surface area contributed by atoms with Gasteiger partial charge in [0.2, 0.25) is 5.91 Å². The van der Waals surface area contributed by atoms with Crippen molar-refractivity contribution in [2.45, 2.75) is 19.4 Å². The lowest BCUT2D eigenvalue weighted by Gasteiger charge is -2.36. The highest BCUT2D eigenvalue weighted by Crippen LogP contribution is 2.12. The molecule has 0 atom stereocenters. The average molecular weight is 306 g/mol. The molecule has 0 aliphatic carbocycles. The number of carbonyl (C=O) groups excluding carboxylic acids is 1. The molecule has 1 aromatic rings. The van der Waals surface area contributed by atoms with Gasteiger partial charge < -0.3 is 14.9 Å². The Kier molecular flexibility index (Phi) is 5.37. The number of hydrogen-bond donors (Lipinski definition) is 1. The van der Waals surface area contributed by atoms with Gasteiger partial charge in [-0.05, 0) is 26.0 Å². The van der Waals surface area contributed by atoms with E-state index in [1.54, 1.807) is 32.0 Å². The molecule has 0 spiro atoms. The fourth-order valence-electron chi connectivity index (χ4n) is 2.66. The molecule has 6 heteroatoms. The Morgan fingerprint density at radius 3 is 2.55 bits per heavy atom. The molecule has 6 nitrogen and oxygen atoms in total. The maximum atomic E-state index is 12.2. The first-order chi connectivity index (χ1) is 10.3. The molecule has 1 aliphatic heterocycles. The van der Waals surface area contributed by atoms with Gasteiger partial charge in [-0.3, -0.25) is 9.69 Å². The largest absolute Gasteiger partial charge is 0.389 e. The van der Waals surface area contributed by atoms with Crippen molar-refractivity contribution in [3.8, 4) is 0 Å². The Morgan fingerprint density at radius 1 is 1.32 bits per heavy atom. The van der Waals surface area contributed by atoms with Gasteiger partial charge in [0.05, 0.1) is 12.1 Å². The highest BCUT2D eigenvalue weighted by atomic mass is 16.3. The molecule has 1 fully saturated rings. The summed E-state index contributed by atoms with van der Waals surface area (Å²) in [7, 11) is 1.74. The van der Waals surface area contributed by atoms with Crippen molar-refractivity contribution in [2.75, 3.05) is 51.2 Å². The summed E-state index contributed by atoms with van der Waals surface area (Å²) in [6.07, 6.45) is 1.80. The minimum atomic E-state index is -0.859. The van der Waals surface area contributed by atoms with Crippen LogP contribution in [0.2, 0.25) is 0 Å². The summed E-state index contributed by atoms with van der Waals surface area (Å²) in [6, 6.07) is 5.92. The third-order valence-electron chi connectivity index (χ3n) is 3.75. The standard InChI is InChI=1S/C16H26N4O2/c1-16(2,22)13-18(3)15(21)12-19-8-10-20(11-9-19)14-6-4-5-7-17-14/h4-7,22H,8-13H2,1-3H3. The van der Waals surface area contributed by atoms with E-state index in [-0.39, 0.29) is 5.91 Å². The first-order valence-electron chi connectivity index (χ1n) is 7.70. The normalized spacial score (nSPS) is 16.6. The molecule has 0 unspecified atom stereocenters. The minimum Gasteiger partial charge on any atom is -0.389 e. The predicted octanol–water partition coefficient (Wildman–Crippen LogP) is 0.433. The first kappa shape index (κ1) is 16.7. The summed E-state index contributed by atoms with van der Waals surface area (Å²) in [5, 5.41) is 9.78. The third-order valence-corrected chi connectivity index (χ3v) is 3.75. The third kappa shape index (κ3) is 4.96. The quantitative estimate of drug-likeness (QED) is 0.855. The number of aromatic nitrogens is 1. The van der Waals surface area contributed by atoms with Crippen LogP contribution in [0, 0.1) is 0 Å². The van der Waals surface area contributed by atoms with Crippen molar-refractivity contribution < 1.29 is 9.90 Å². The lowest BCUT2D eigenvalue weighted by molar-refractivity contribution is -0.133. The van der Waals surface area contributed by atoms with Gasteiger partial charge in [0.25, 0.3) is 0 Å². The van der Waals surface area contributed by atoms with Gasteiger partial charge in [-0.15, -0.1) is 0 Å². The van der Waals surface area contributed by atoms with Crippen LogP contribution in [-0.4, -0.2) is 77.7 Å². The number of piperazine rings is 1. The van der Waals surface area contributed by atoms with Crippen LogP contribution in [0.4, 0.5) is 5.82 Å². The lowest BCUT2D eigenvalue weighted by atomic mass is 10.1. The Balaban J connectivity index is 1.79. The summed E-state index contributed by atoms with van der Waals surface area (Å²) >= 11 is 0. The van der Waals surface area contributed by atoms with Crippen LogP contribution in [0.25, 0.3) is 0 Å². The zero-order valence-electron chi connectivity index (χ0n) is 13.7. The van der Waals surface area contributed by atoms with Crippen molar-refractivity contribution >= 4 is 11.7 Å². The topological polar surface area (TPSA) is 59.9 Å². The molecular weight excluding hydrogens is 280 g/mol. The van der Waals surface area contributed by atoms with Crippen LogP contribution in [0.3, 0.4) is 0 Å². The number of pyridine rings is 1. The van der Waals surface area contributed by atoms with Gasteiger partial charge in [-0.25, -0.2) is 4.98 Å². The molecule has 0 bridgehead atoms. The Morgan fingerprint density at radius 2 is 2.00 bits per heavy atom. The second kappa shape index (κ2) is 7.07. The predicted molar refractivity (Wildman–Crippen MR) is 86.8 cm³/mol. The second-order valence-corrected chi connectivity index (χ2v) is 6.51. The van der Waals surface area contributed by atoms with Crippen LogP contribution >= 0.6 is 0 Å². The summed E-state index contributed by atoms with van der Waals surface area (Å²) < 4.78 is 0. The molecule has 1 N–H and O–H groups in total. The molecule has 1 aromatic heterocycles. The van der Waals surface area contributed by atoms with Crippen LogP contribution in [0.15, 0.2) is 24.4 Å². The van der Waals surface area contributed by atoms with Crippen molar-refractivity contribution in [1.82, 2.24) is 14.8 Å². The van der Waals surface area contributed by atoms with Gasteiger partial charge in [-0.1, -0.05) is 6.07 Å². The van der Waals surface area contributed by atoms with E-state index in [1.165, 1.54) is 0 Å². The van der Waals surface area contributed by atoms with E-state index < -0.39 is 5.60 Å². The van der Waals surface area contributed by atoms with Crippen molar-refractivity contribution in [1.29, 1.82) is 0 Å². The first-order valence-corrected chi connectivity index (χ1v) is 7.70. The van der Waals surface area contributed by atoms with Crippen LogP contribution in [-0.2, 0) is 4.79 Å². The van der Waals surface area contributed by atoms with Crippen molar-refractivity contribution in [3.63, 3.8) is 0 Å². The number of amides is 1. The van der Waals surface area contributed by atoms with E-state index in [4.69, 9.17) is 0 Å². The Hall–Kier alpha value is -1.66.